The van der Waals surface area contributed by atoms with E-state index in [1.54, 1.807) is 0 Å². The van der Waals surface area contributed by atoms with Gasteiger partial charge in [0.1, 0.15) is 11.2 Å². The van der Waals surface area contributed by atoms with Crippen molar-refractivity contribution >= 4 is 33.7 Å². The summed E-state index contributed by atoms with van der Waals surface area (Å²) in [6, 6.07) is 30.5. The highest BCUT2D eigenvalue weighted by Crippen LogP contribution is 2.49. The van der Waals surface area contributed by atoms with Crippen molar-refractivity contribution in [1.82, 2.24) is 0 Å². The minimum absolute atomic E-state index is 0.0143. The predicted octanol–water partition coefficient (Wildman–Crippen LogP) is 8.04. The molecule has 0 radical (unpaired) electrons. The molecular formula is C27H20OS. The van der Waals surface area contributed by atoms with Crippen LogP contribution < -0.4 is 0 Å². The quantitative estimate of drug-likeness (QED) is 0.286. The first kappa shape index (κ1) is 16.9. The van der Waals surface area contributed by atoms with Crippen LogP contribution in [0.5, 0.6) is 0 Å². The Labute approximate surface area is 174 Å². The molecule has 0 unspecified atom stereocenters. The number of hydrogen-bond donors (Lipinski definition) is 0. The Morgan fingerprint density at radius 2 is 1.31 bits per heavy atom. The fourth-order valence-corrected chi connectivity index (χ4v) is 5.90. The Morgan fingerprint density at radius 1 is 0.621 bits per heavy atom. The lowest BCUT2D eigenvalue weighted by Crippen LogP contribution is -2.23. The Bertz CT molecular complexity index is 1410. The lowest BCUT2D eigenvalue weighted by Gasteiger charge is -2.34. The monoisotopic (exact) mass is 392 g/mol. The van der Waals surface area contributed by atoms with Gasteiger partial charge in [0, 0.05) is 26.0 Å². The van der Waals surface area contributed by atoms with Gasteiger partial charge in [-0.05, 0) is 58.7 Å². The van der Waals surface area contributed by atoms with E-state index < -0.39 is 0 Å². The first-order chi connectivity index (χ1) is 14.1. The second-order valence-electron chi connectivity index (χ2n) is 8.24. The summed E-state index contributed by atoms with van der Waals surface area (Å²) < 4.78 is 6.00. The molecule has 4 aromatic carbocycles. The average Bonchev–Trinajstić information content (AvgIpc) is 3.12. The topological polar surface area (TPSA) is 13.1 Å². The third-order valence-electron chi connectivity index (χ3n) is 6.14. The van der Waals surface area contributed by atoms with Crippen LogP contribution in [0, 0.1) is 0 Å². The highest BCUT2D eigenvalue weighted by atomic mass is 32.2. The summed E-state index contributed by atoms with van der Waals surface area (Å²) in [4.78, 5) is 2.72. The van der Waals surface area contributed by atoms with Gasteiger partial charge < -0.3 is 4.42 Å². The molecule has 1 aromatic heterocycles. The van der Waals surface area contributed by atoms with E-state index in [4.69, 9.17) is 4.42 Å². The summed E-state index contributed by atoms with van der Waals surface area (Å²) in [6.07, 6.45) is 0. The summed E-state index contributed by atoms with van der Waals surface area (Å²) >= 11 is 1.88. The van der Waals surface area contributed by atoms with E-state index in [9.17, 15) is 0 Å². The van der Waals surface area contributed by atoms with Gasteiger partial charge in [0.25, 0.3) is 0 Å². The van der Waals surface area contributed by atoms with E-state index in [2.05, 4.69) is 86.6 Å². The molecule has 6 rings (SSSR count). The first-order valence-corrected chi connectivity index (χ1v) is 10.8. The van der Waals surface area contributed by atoms with Gasteiger partial charge in [0.05, 0.1) is 0 Å². The maximum absolute atomic E-state index is 6.00. The van der Waals surface area contributed by atoms with Gasteiger partial charge in [-0.25, -0.2) is 0 Å². The van der Waals surface area contributed by atoms with Crippen molar-refractivity contribution in [1.29, 1.82) is 0 Å². The molecule has 2 heterocycles. The third kappa shape index (κ3) is 2.49. The zero-order valence-corrected chi connectivity index (χ0v) is 17.2. The van der Waals surface area contributed by atoms with E-state index in [1.165, 1.54) is 42.8 Å². The van der Waals surface area contributed by atoms with Crippen LogP contribution in [0.25, 0.3) is 33.1 Å². The van der Waals surface area contributed by atoms with Crippen LogP contribution in [0.15, 0.2) is 99.1 Å². The Kier molecular flexibility index (Phi) is 3.51. The number of benzene rings is 4. The van der Waals surface area contributed by atoms with Crippen LogP contribution in [0.2, 0.25) is 0 Å². The molecule has 2 heteroatoms. The van der Waals surface area contributed by atoms with Crippen LogP contribution in [0.3, 0.4) is 0 Å². The van der Waals surface area contributed by atoms with E-state index in [0.29, 0.717) is 0 Å². The van der Waals surface area contributed by atoms with Crippen molar-refractivity contribution in [2.45, 2.75) is 29.1 Å². The van der Waals surface area contributed by atoms with Crippen LogP contribution in [-0.2, 0) is 5.41 Å². The van der Waals surface area contributed by atoms with Crippen LogP contribution in [-0.4, -0.2) is 0 Å². The van der Waals surface area contributed by atoms with Crippen molar-refractivity contribution in [3.05, 3.63) is 96.1 Å². The number of furan rings is 1. The van der Waals surface area contributed by atoms with E-state index in [-0.39, 0.29) is 5.41 Å². The lowest BCUT2D eigenvalue weighted by molar-refractivity contribution is 0.607. The van der Waals surface area contributed by atoms with Crippen LogP contribution >= 0.6 is 11.8 Å². The lowest BCUT2D eigenvalue weighted by atomic mass is 9.77. The molecule has 0 saturated heterocycles. The van der Waals surface area contributed by atoms with Gasteiger partial charge in [-0.1, -0.05) is 74.1 Å². The summed E-state index contributed by atoms with van der Waals surface area (Å²) in [5.74, 6) is 0. The van der Waals surface area contributed by atoms with Crippen molar-refractivity contribution in [3.63, 3.8) is 0 Å². The number of para-hydroxylation sites is 1. The van der Waals surface area contributed by atoms with E-state index in [0.717, 1.165) is 11.2 Å². The van der Waals surface area contributed by atoms with Gasteiger partial charge in [-0.3, -0.25) is 0 Å². The summed E-state index contributed by atoms with van der Waals surface area (Å²) in [5, 5.41) is 2.35. The van der Waals surface area contributed by atoms with Crippen molar-refractivity contribution < 1.29 is 4.42 Å². The zero-order valence-electron chi connectivity index (χ0n) is 16.4. The molecule has 0 fully saturated rings. The molecule has 0 bridgehead atoms. The molecule has 0 amide bonds. The standard InChI is InChI=1S/C27H20OS/c1-27(2)21-8-4-6-10-25(21)29-26-14-12-18(16-22(26)27)17-11-13-24-20(15-17)19-7-3-5-9-23(19)28-24/h3-16H,1-2H3. The third-order valence-corrected chi connectivity index (χ3v) is 7.30. The second-order valence-corrected chi connectivity index (χ2v) is 9.33. The highest BCUT2D eigenvalue weighted by Gasteiger charge is 2.32. The zero-order chi connectivity index (χ0) is 19.6. The predicted molar refractivity (Wildman–Crippen MR) is 122 cm³/mol. The molecule has 1 aliphatic rings. The summed E-state index contributed by atoms with van der Waals surface area (Å²) in [5.41, 5.74) is 7.16. The highest BCUT2D eigenvalue weighted by molar-refractivity contribution is 7.99. The van der Waals surface area contributed by atoms with Crippen molar-refractivity contribution in [3.8, 4) is 11.1 Å². The molecule has 0 saturated carbocycles. The minimum Gasteiger partial charge on any atom is -0.456 e. The van der Waals surface area contributed by atoms with Crippen LogP contribution in [0.1, 0.15) is 25.0 Å². The SMILES string of the molecule is CC1(C)c2ccccc2Sc2ccc(-c3ccc4oc5ccccc5c4c3)cc21. The maximum Gasteiger partial charge on any atom is 0.135 e. The Hall–Kier alpha value is -2.97. The fourth-order valence-electron chi connectivity index (χ4n) is 4.53. The van der Waals surface area contributed by atoms with Crippen molar-refractivity contribution in [2.24, 2.45) is 0 Å². The van der Waals surface area contributed by atoms with Gasteiger partial charge in [-0.2, -0.15) is 0 Å². The van der Waals surface area contributed by atoms with Crippen molar-refractivity contribution in [2.75, 3.05) is 0 Å². The molecule has 0 N–H and O–H groups in total. The molecule has 1 nitrogen and oxygen atoms in total. The number of fused-ring (bicyclic) bond motifs is 5. The fraction of sp³-hybridized carbons (Fsp3) is 0.111. The van der Waals surface area contributed by atoms with Gasteiger partial charge in [-0.15, -0.1) is 0 Å². The average molecular weight is 393 g/mol. The van der Waals surface area contributed by atoms with Gasteiger partial charge >= 0.3 is 0 Å². The van der Waals surface area contributed by atoms with Gasteiger partial charge in [0.2, 0.25) is 0 Å². The van der Waals surface area contributed by atoms with E-state index >= 15 is 0 Å². The Balaban J connectivity index is 1.52. The Morgan fingerprint density at radius 3 is 2.24 bits per heavy atom. The molecule has 0 aliphatic carbocycles. The number of rotatable bonds is 1. The largest absolute Gasteiger partial charge is 0.456 e. The first-order valence-electron chi connectivity index (χ1n) is 9.95. The normalized spacial score (nSPS) is 14.7. The van der Waals surface area contributed by atoms with E-state index in [1.807, 2.05) is 23.9 Å². The smallest absolute Gasteiger partial charge is 0.135 e. The minimum atomic E-state index is -0.0143. The molecule has 5 aromatic rings. The van der Waals surface area contributed by atoms with Crippen LogP contribution in [0.4, 0.5) is 0 Å². The van der Waals surface area contributed by atoms with Gasteiger partial charge in [0.15, 0.2) is 0 Å². The molecule has 0 atom stereocenters. The second kappa shape index (κ2) is 6.01. The summed E-state index contributed by atoms with van der Waals surface area (Å²) in [7, 11) is 0. The molecule has 140 valence electrons. The maximum atomic E-state index is 6.00. The molecule has 29 heavy (non-hydrogen) atoms. The molecular weight excluding hydrogens is 372 g/mol. The molecule has 0 spiro atoms. The molecule has 1 aliphatic heterocycles. The number of hydrogen-bond acceptors (Lipinski definition) is 2. The summed E-state index contributed by atoms with van der Waals surface area (Å²) in [6.45, 7) is 4.67.